The number of aliphatic hydroxyl groups excluding tert-OH is 1. The molecule has 0 saturated heterocycles. The maximum atomic E-state index is 11.8. The minimum Gasteiger partial charge on any atom is -0.482 e. The molecule has 0 aromatic heterocycles. The normalized spacial score (nSPS) is 11.8. The number of hydrogen-bond donors (Lipinski definition) is 2. The van der Waals surface area contributed by atoms with Crippen LogP contribution in [0.3, 0.4) is 0 Å². The van der Waals surface area contributed by atoms with E-state index in [1.54, 1.807) is 55.5 Å². The number of ether oxygens (including phenoxy) is 1. The summed E-state index contributed by atoms with van der Waals surface area (Å²) in [6.07, 6.45) is -0.582. The first-order valence-electron chi connectivity index (χ1n) is 6.51. The molecule has 110 valence electrons. The number of aliphatic hydroxyl groups is 1. The molecule has 21 heavy (non-hydrogen) atoms. The molecule has 0 bridgehead atoms. The number of halogens is 1. The Labute approximate surface area is 128 Å². The van der Waals surface area contributed by atoms with Crippen molar-refractivity contribution >= 4 is 23.2 Å². The van der Waals surface area contributed by atoms with Crippen molar-refractivity contribution in [3.8, 4) is 5.75 Å². The average molecular weight is 306 g/mol. The van der Waals surface area contributed by atoms with Gasteiger partial charge in [0.05, 0.1) is 11.1 Å². The van der Waals surface area contributed by atoms with Crippen molar-refractivity contribution in [2.24, 2.45) is 0 Å². The van der Waals surface area contributed by atoms with Gasteiger partial charge in [0.1, 0.15) is 5.75 Å². The van der Waals surface area contributed by atoms with Gasteiger partial charge in [-0.2, -0.15) is 0 Å². The molecule has 0 aliphatic carbocycles. The summed E-state index contributed by atoms with van der Waals surface area (Å²) in [5.41, 5.74) is 1.35. The number of benzene rings is 2. The van der Waals surface area contributed by atoms with Gasteiger partial charge in [0, 0.05) is 5.69 Å². The Balaban J connectivity index is 1.93. The number of hydrogen-bond acceptors (Lipinski definition) is 3. The van der Waals surface area contributed by atoms with E-state index >= 15 is 0 Å². The highest BCUT2D eigenvalue weighted by atomic mass is 35.5. The van der Waals surface area contributed by atoms with E-state index in [4.69, 9.17) is 16.3 Å². The van der Waals surface area contributed by atoms with Crippen molar-refractivity contribution in [3.05, 3.63) is 59.1 Å². The van der Waals surface area contributed by atoms with Crippen LogP contribution in [0.25, 0.3) is 0 Å². The lowest BCUT2D eigenvalue weighted by Crippen LogP contribution is -2.20. The van der Waals surface area contributed by atoms with Crippen molar-refractivity contribution in [1.29, 1.82) is 0 Å². The lowest BCUT2D eigenvalue weighted by atomic mass is 10.1. The Hall–Kier alpha value is -2.04. The molecule has 0 unspecified atom stereocenters. The molecule has 5 heteroatoms. The highest BCUT2D eigenvalue weighted by molar-refractivity contribution is 6.32. The van der Waals surface area contributed by atoms with Gasteiger partial charge in [-0.25, -0.2) is 0 Å². The molecule has 2 aromatic rings. The second-order valence-corrected chi connectivity index (χ2v) is 4.98. The van der Waals surface area contributed by atoms with E-state index in [1.807, 2.05) is 0 Å². The Kier molecular flexibility index (Phi) is 5.20. The van der Waals surface area contributed by atoms with Crippen LogP contribution in [-0.2, 0) is 4.79 Å². The molecule has 0 spiro atoms. The predicted octanol–water partition coefficient (Wildman–Crippen LogP) is 3.41. The van der Waals surface area contributed by atoms with Gasteiger partial charge < -0.3 is 15.2 Å². The van der Waals surface area contributed by atoms with Crippen LogP contribution in [0.4, 0.5) is 5.69 Å². The third-order valence-corrected chi connectivity index (χ3v) is 3.16. The van der Waals surface area contributed by atoms with E-state index in [1.165, 1.54) is 0 Å². The first kappa shape index (κ1) is 15.4. The Morgan fingerprint density at radius 1 is 1.29 bits per heavy atom. The number of nitrogens with one attached hydrogen (secondary N) is 1. The molecule has 4 nitrogen and oxygen atoms in total. The molecule has 2 aromatic carbocycles. The Bertz CT molecular complexity index is 628. The standard InChI is InChI=1S/C16H16ClNO3/c1-11(19)12-5-4-6-13(9-12)18-16(20)10-21-15-8-3-2-7-14(15)17/h2-9,11,19H,10H2,1H3,(H,18,20)/t11-/m0/s1. The second-order valence-electron chi connectivity index (χ2n) is 4.57. The molecule has 0 aliphatic heterocycles. The van der Waals surface area contributed by atoms with Crippen LogP contribution in [0, 0.1) is 0 Å². The number of amides is 1. The first-order valence-corrected chi connectivity index (χ1v) is 6.89. The van der Waals surface area contributed by atoms with Crippen LogP contribution in [0.1, 0.15) is 18.6 Å². The van der Waals surface area contributed by atoms with E-state index in [0.29, 0.717) is 16.5 Å². The molecule has 0 saturated carbocycles. The van der Waals surface area contributed by atoms with Crippen molar-refractivity contribution < 1.29 is 14.6 Å². The smallest absolute Gasteiger partial charge is 0.262 e. The largest absolute Gasteiger partial charge is 0.482 e. The van der Waals surface area contributed by atoms with E-state index in [9.17, 15) is 9.90 Å². The number of rotatable bonds is 5. The van der Waals surface area contributed by atoms with Crippen LogP contribution < -0.4 is 10.1 Å². The molecule has 2 N–H and O–H groups in total. The van der Waals surface area contributed by atoms with E-state index in [2.05, 4.69) is 5.32 Å². The SMILES string of the molecule is C[C@H](O)c1cccc(NC(=O)COc2ccccc2Cl)c1. The fourth-order valence-corrected chi connectivity index (χ4v) is 1.97. The van der Waals surface area contributed by atoms with Crippen LogP contribution in [-0.4, -0.2) is 17.6 Å². The second kappa shape index (κ2) is 7.11. The molecule has 2 rings (SSSR count). The lowest BCUT2D eigenvalue weighted by Gasteiger charge is -2.10. The number of para-hydroxylation sites is 1. The number of carbonyl (C=O) groups is 1. The molecular formula is C16H16ClNO3. The first-order chi connectivity index (χ1) is 10.1. The Morgan fingerprint density at radius 2 is 2.05 bits per heavy atom. The quantitative estimate of drug-likeness (QED) is 0.890. The fraction of sp³-hybridized carbons (Fsp3) is 0.188. The molecule has 0 radical (unpaired) electrons. The summed E-state index contributed by atoms with van der Waals surface area (Å²) in [6, 6.07) is 14.0. The van der Waals surface area contributed by atoms with Gasteiger partial charge in [0.15, 0.2) is 6.61 Å². The number of anilines is 1. The van der Waals surface area contributed by atoms with Gasteiger partial charge in [-0.1, -0.05) is 35.9 Å². The molecule has 0 fully saturated rings. The van der Waals surface area contributed by atoms with Crippen molar-refractivity contribution in [2.45, 2.75) is 13.0 Å². The lowest BCUT2D eigenvalue weighted by molar-refractivity contribution is -0.118. The highest BCUT2D eigenvalue weighted by Crippen LogP contribution is 2.23. The van der Waals surface area contributed by atoms with Crippen molar-refractivity contribution in [1.82, 2.24) is 0 Å². The van der Waals surface area contributed by atoms with Gasteiger partial charge in [-0.15, -0.1) is 0 Å². The van der Waals surface area contributed by atoms with Gasteiger partial charge >= 0.3 is 0 Å². The molecular weight excluding hydrogens is 290 g/mol. The van der Waals surface area contributed by atoms with Crippen molar-refractivity contribution in [2.75, 3.05) is 11.9 Å². The van der Waals surface area contributed by atoms with E-state index in [0.717, 1.165) is 5.56 Å². The van der Waals surface area contributed by atoms with Gasteiger partial charge in [0.25, 0.3) is 5.91 Å². The molecule has 1 amide bonds. The van der Waals surface area contributed by atoms with Crippen LogP contribution in [0.2, 0.25) is 5.02 Å². The summed E-state index contributed by atoms with van der Waals surface area (Å²) in [7, 11) is 0. The summed E-state index contributed by atoms with van der Waals surface area (Å²) in [6.45, 7) is 1.53. The van der Waals surface area contributed by atoms with E-state index in [-0.39, 0.29) is 12.5 Å². The Morgan fingerprint density at radius 3 is 2.76 bits per heavy atom. The number of carbonyl (C=O) groups excluding carboxylic acids is 1. The third kappa shape index (κ3) is 4.48. The summed E-state index contributed by atoms with van der Waals surface area (Å²) >= 11 is 5.94. The van der Waals surface area contributed by atoms with Gasteiger partial charge in [0.2, 0.25) is 0 Å². The molecule has 0 aliphatic rings. The van der Waals surface area contributed by atoms with Crippen LogP contribution >= 0.6 is 11.6 Å². The van der Waals surface area contributed by atoms with E-state index < -0.39 is 6.10 Å². The summed E-state index contributed by atoms with van der Waals surface area (Å²) < 4.78 is 5.36. The summed E-state index contributed by atoms with van der Waals surface area (Å²) in [5.74, 6) is 0.171. The maximum absolute atomic E-state index is 11.8. The predicted molar refractivity (Wildman–Crippen MR) is 82.7 cm³/mol. The van der Waals surface area contributed by atoms with Crippen LogP contribution in [0.15, 0.2) is 48.5 Å². The monoisotopic (exact) mass is 305 g/mol. The van der Waals surface area contributed by atoms with Gasteiger partial charge in [-0.05, 0) is 36.8 Å². The summed E-state index contributed by atoms with van der Waals surface area (Å²) in [5, 5.41) is 12.7. The average Bonchev–Trinajstić information content (AvgIpc) is 2.46. The van der Waals surface area contributed by atoms with Crippen molar-refractivity contribution in [3.63, 3.8) is 0 Å². The third-order valence-electron chi connectivity index (χ3n) is 2.85. The van der Waals surface area contributed by atoms with Gasteiger partial charge in [-0.3, -0.25) is 4.79 Å². The molecule has 0 heterocycles. The minimum atomic E-state index is -0.582. The zero-order chi connectivity index (χ0) is 15.2. The maximum Gasteiger partial charge on any atom is 0.262 e. The fourth-order valence-electron chi connectivity index (χ4n) is 1.78. The zero-order valence-electron chi connectivity index (χ0n) is 11.5. The topological polar surface area (TPSA) is 58.6 Å². The zero-order valence-corrected chi connectivity index (χ0v) is 12.3. The highest BCUT2D eigenvalue weighted by Gasteiger charge is 2.07. The summed E-state index contributed by atoms with van der Waals surface area (Å²) in [4.78, 5) is 11.8. The molecule has 1 atom stereocenters. The minimum absolute atomic E-state index is 0.136. The van der Waals surface area contributed by atoms with Crippen LogP contribution in [0.5, 0.6) is 5.75 Å².